The molecule has 0 atom stereocenters. The first kappa shape index (κ1) is 23.2. The maximum atomic E-state index is 12.7. The second-order valence-corrected chi connectivity index (χ2v) is 8.67. The van der Waals surface area contributed by atoms with Gasteiger partial charge in [0.25, 0.3) is 5.91 Å². The normalized spacial score (nSPS) is 10.8. The molecule has 0 spiro atoms. The largest absolute Gasteiger partial charge is 0.489 e. The molecule has 0 unspecified atom stereocenters. The number of carbonyl (C=O) groups is 1. The summed E-state index contributed by atoms with van der Waals surface area (Å²) in [6.07, 6.45) is 0. The molecule has 0 saturated carbocycles. The van der Waals surface area contributed by atoms with Crippen molar-refractivity contribution in [2.24, 2.45) is 0 Å². The number of ether oxygens (including phenoxy) is 1. The van der Waals surface area contributed by atoms with E-state index in [0.717, 1.165) is 22.6 Å². The van der Waals surface area contributed by atoms with Crippen LogP contribution in [0.2, 0.25) is 15.1 Å². The third kappa shape index (κ3) is 5.88. The highest BCUT2D eigenvalue weighted by molar-refractivity contribution is 6.36. The quantitative estimate of drug-likeness (QED) is 0.296. The summed E-state index contributed by atoms with van der Waals surface area (Å²) in [4.78, 5) is 12.7. The number of hydrogen-bond donors (Lipinski definition) is 1. The van der Waals surface area contributed by atoms with Gasteiger partial charge in [-0.3, -0.25) is 9.48 Å². The first-order valence-electron chi connectivity index (χ1n) is 10.1. The first-order valence-corrected chi connectivity index (χ1v) is 11.3. The van der Waals surface area contributed by atoms with Crippen molar-refractivity contribution in [1.82, 2.24) is 9.78 Å². The molecule has 3 aromatic carbocycles. The van der Waals surface area contributed by atoms with Crippen LogP contribution >= 0.6 is 34.8 Å². The molecule has 0 saturated heterocycles. The highest BCUT2D eigenvalue weighted by atomic mass is 35.5. The lowest BCUT2D eigenvalue weighted by molar-refractivity contribution is 0.102. The lowest BCUT2D eigenvalue weighted by Gasteiger charge is -2.09. The molecule has 168 valence electrons. The van der Waals surface area contributed by atoms with Gasteiger partial charge in [-0.2, -0.15) is 5.10 Å². The van der Waals surface area contributed by atoms with Crippen molar-refractivity contribution in [2.75, 3.05) is 5.32 Å². The molecule has 0 radical (unpaired) electrons. The van der Waals surface area contributed by atoms with Gasteiger partial charge in [0.2, 0.25) is 0 Å². The zero-order valence-electron chi connectivity index (χ0n) is 17.7. The summed E-state index contributed by atoms with van der Waals surface area (Å²) in [5.74, 6) is 0.932. The minimum Gasteiger partial charge on any atom is -0.489 e. The molecule has 4 rings (SSSR count). The first-order chi connectivity index (χ1) is 15.9. The van der Waals surface area contributed by atoms with E-state index in [1.165, 1.54) is 0 Å². The van der Waals surface area contributed by atoms with E-state index in [1.807, 2.05) is 31.2 Å². The molecule has 5 nitrogen and oxygen atoms in total. The minimum atomic E-state index is -0.249. The standard InChI is InChI=1S/C25H20Cl3N3O2/c1-16-13-24(30-31(16)14-21-22(27)3-2-4-23(21)28)29-25(32)18-7-5-17(6-8-18)15-33-20-11-9-19(26)10-12-20/h2-13H,14-15H2,1H3,(H,29,30,32). The van der Waals surface area contributed by atoms with Crippen LogP contribution in [0.25, 0.3) is 0 Å². The van der Waals surface area contributed by atoms with Gasteiger partial charge in [0.05, 0.1) is 6.54 Å². The number of anilines is 1. The van der Waals surface area contributed by atoms with Gasteiger partial charge in [-0.1, -0.05) is 53.0 Å². The Kier molecular flexibility index (Phi) is 7.23. The summed E-state index contributed by atoms with van der Waals surface area (Å²) >= 11 is 18.4. The summed E-state index contributed by atoms with van der Waals surface area (Å²) in [5.41, 5.74) is 3.11. The number of carbonyl (C=O) groups excluding carboxylic acids is 1. The Balaban J connectivity index is 1.38. The number of nitrogens with zero attached hydrogens (tertiary/aromatic N) is 2. The molecule has 1 heterocycles. The molecule has 4 aromatic rings. The van der Waals surface area contributed by atoms with Crippen molar-refractivity contribution in [2.45, 2.75) is 20.1 Å². The average Bonchev–Trinajstić information content (AvgIpc) is 3.14. The van der Waals surface area contributed by atoms with E-state index in [1.54, 1.807) is 53.2 Å². The Labute approximate surface area is 206 Å². The number of halogens is 3. The highest BCUT2D eigenvalue weighted by Crippen LogP contribution is 2.26. The van der Waals surface area contributed by atoms with Crippen LogP contribution in [0, 0.1) is 6.92 Å². The lowest BCUT2D eigenvalue weighted by atomic mass is 10.1. The van der Waals surface area contributed by atoms with E-state index < -0.39 is 0 Å². The van der Waals surface area contributed by atoms with Crippen molar-refractivity contribution >= 4 is 46.5 Å². The molecule has 1 amide bonds. The van der Waals surface area contributed by atoms with Gasteiger partial charge in [0.1, 0.15) is 12.4 Å². The van der Waals surface area contributed by atoms with Crippen molar-refractivity contribution in [3.05, 3.63) is 110 Å². The molecular formula is C25H20Cl3N3O2. The topological polar surface area (TPSA) is 56.1 Å². The molecule has 0 bridgehead atoms. The maximum absolute atomic E-state index is 12.7. The predicted octanol–water partition coefficient (Wildman–Crippen LogP) is 7.03. The third-order valence-electron chi connectivity index (χ3n) is 5.03. The number of rotatable bonds is 7. The minimum absolute atomic E-state index is 0.249. The van der Waals surface area contributed by atoms with Crippen LogP contribution in [0.3, 0.4) is 0 Å². The monoisotopic (exact) mass is 499 g/mol. The van der Waals surface area contributed by atoms with Crippen molar-refractivity contribution < 1.29 is 9.53 Å². The summed E-state index contributed by atoms with van der Waals surface area (Å²) in [5, 5.41) is 9.12. The second-order valence-electron chi connectivity index (χ2n) is 7.42. The molecule has 1 N–H and O–H groups in total. The fourth-order valence-corrected chi connectivity index (χ4v) is 3.85. The molecule has 33 heavy (non-hydrogen) atoms. The smallest absolute Gasteiger partial charge is 0.256 e. The Morgan fingerprint density at radius 2 is 1.64 bits per heavy atom. The van der Waals surface area contributed by atoms with E-state index in [2.05, 4.69) is 10.4 Å². The molecule has 8 heteroatoms. The SMILES string of the molecule is Cc1cc(NC(=O)c2ccc(COc3ccc(Cl)cc3)cc2)nn1Cc1c(Cl)cccc1Cl. The van der Waals surface area contributed by atoms with Gasteiger partial charge in [-0.25, -0.2) is 0 Å². The Hall–Kier alpha value is -2.99. The molecular weight excluding hydrogens is 481 g/mol. The van der Waals surface area contributed by atoms with Crippen molar-refractivity contribution in [3.8, 4) is 5.75 Å². The van der Waals surface area contributed by atoms with Crippen molar-refractivity contribution in [3.63, 3.8) is 0 Å². The summed E-state index contributed by atoms with van der Waals surface area (Å²) < 4.78 is 7.48. The van der Waals surface area contributed by atoms with Crippen LogP contribution in [0.15, 0.2) is 72.8 Å². The Morgan fingerprint density at radius 3 is 2.30 bits per heavy atom. The second kappa shape index (κ2) is 10.3. The van der Waals surface area contributed by atoms with Crippen LogP contribution in [-0.4, -0.2) is 15.7 Å². The van der Waals surface area contributed by atoms with E-state index in [0.29, 0.717) is 39.6 Å². The lowest BCUT2D eigenvalue weighted by Crippen LogP contribution is -2.13. The van der Waals surface area contributed by atoms with Crippen LogP contribution in [-0.2, 0) is 13.2 Å². The van der Waals surface area contributed by atoms with Crippen molar-refractivity contribution in [1.29, 1.82) is 0 Å². The molecule has 1 aromatic heterocycles. The molecule has 0 aliphatic heterocycles. The maximum Gasteiger partial charge on any atom is 0.256 e. The summed E-state index contributed by atoms with van der Waals surface area (Å²) in [6, 6.07) is 21.6. The number of benzene rings is 3. The number of aryl methyl sites for hydroxylation is 1. The number of hydrogen-bond acceptors (Lipinski definition) is 3. The van der Waals surface area contributed by atoms with Crippen LogP contribution in [0.1, 0.15) is 27.2 Å². The van der Waals surface area contributed by atoms with Crippen LogP contribution < -0.4 is 10.1 Å². The molecule has 0 fully saturated rings. The molecule has 0 aliphatic carbocycles. The fraction of sp³-hybridized carbons (Fsp3) is 0.120. The van der Waals surface area contributed by atoms with Gasteiger partial charge < -0.3 is 10.1 Å². The van der Waals surface area contributed by atoms with Gasteiger partial charge in [-0.05, 0) is 61.0 Å². The van der Waals surface area contributed by atoms with E-state index in [9.17, 15) is 4.79 Å². The van der Waals surface area contributed by atoms with Crippen LogP contribution in [0.4, 0.5) is 5.82 Å². The number of nitrogens with one attached hydrogen (secondary N) is 1. The summed E-state index contributed by atoms with van der Waals surface area (Å²) in [7, 11) is 0. The van der Waals surface area contributed by atoms with Gasteiger partial charge >= 0.3 is 0 Å². The van der Waals surface area contributed by atoms with Gasteiger partial charge in [0.15, 0.2) is 5.82 Å². The Bertz CT molecular complexity index is 1250. The van der Waals surface area contributed by atoms with E-state index in [4.69, 9.17) is 39.5 Å². The van der Waals surface area contributed by atoms with Crippen LogP contribution in [0.5, 0.6) is 5.75 Å². The predicted molar refractivity (Wildman–Crippen MR) is 133 cm³/mol. The zero-order chi connectivity index (χ0) is 23.4. The number of aromatic nitrogens is 2. The van der Waals surface area contributed by atoms with E-state index >= 15 is 0 Å². The Morgan fingerprint density at radius 1 is 0.970 bits per heavy atom. The highest BCUT2D eigenvalue weighted by Gasteiger charge is 2.13. The number of amides is 1. The summed E-state index contributed by atoms with van der Waals surface area (Å²) in [6.45, 7) is 2.70. The fourth-order valence-electron chi connectivity index (χ4n) is 3.20. The zero-order valence-corrected chi connectivity index (χ0v) is 20.0. The third-order valence-corrected chi connectivity index (χ3v) is 5.99. The molecule has 0 aliphatic rings. The van der Waals surface area contributed by atoms with Gasteiger partial charge in [0, 0.05) is 38.0 Å². The van der Waals surface area contributed by atoms with E-state index in [-0.39, 0.29) is 5.91 Å². The average molecular weight is 501 g/mol. The van der Waals surface area contributed by atoms with Gasteiger partial charge in [-0.15, -0.1) is 0 Å².